The number of rotatable bonds is 3. The average Bonchev–Trinajstić information content (AvgIpc) is 3.05. The van der Waals surface area contributed by atoms with Crippen LogP contribution < -0.4 is 5.73 Å². The van der Waals surface area contributed by atoms with Gasteiger partial charge < -0.3 is 15.5 Å². The van der Waals surface area contributed by atoms with Crippen LogP contribution in [0.2, 0.25) is 0 Å². The van der Waals surface area contributed by atoms with E-state index in [-0.39, 0.29) is 5.84 Å². The Morgan fingerprint density at radius 2 is 2.25 bits per heavy atom. The summed E-state index contributed by atoms with van der Waals surface area (Å²) in [5.74, 6) is 0.713. The molecule has 3 rings (SSSR count). The fourth-order valence-electron chi connectivity index (χ4n) is 2.18. The standard InChI is InChI=1S/C12H13N7O/c1-18-15-11(14-17-18)7-19-6-5-8-9(12(13)16-20)3-2-4-10(8)19/h2-6,20H,7H2,1H3,(H2,13,16). The molecule has 0 radical (unpaired) electrons. The van der Waals surface area contributed by atoms with E-state index in [1.54, 1.807) is 7.05 Å². The van der Waals surface area contributed by atoms with Crippen molar-refractivity contribution >= 4 is 16.7 Å². The van der Waals surface area contributed by atoms with Gasteiger partial charge in [-0.3, -0.25) is 0 Å². The van der Waals surface area contributed by atoms with Gasteiger partial charge in [0, 0.05) is 22.7 Å². The number of nitrogens with zero attached hydrogens (tertiary/aromatic N) is 6. The maximum Gasteiger partial charge on any atom is 0.194 e. The zero-order valence-corrected chi connectivity index (χ0v) is 10.8. The third-order valence-corrected chi connectivity index (χ3v) is 3.06. The van der Waals surface area contributed by atoms with E-state index in [1.807, 2.05) is 35.0 Å². The number of hydrogen-bond donors (Lipinski definition) is 2. The summed E-state index contributed by atoms with van der Waals surface area (Å²) >= 11 is 0. The molecule has 0 atom stereocenters. The first-order valence-corrected chi connectivity index (χ1v) is 5.97. The molecule has 2 aromatic heterocycles. The van der Waals surface area contributed by atoms with Crippen molar-refractivity contribution < 1.29 is 5.21 Å². The highest BCUT2D eigenvalue weighted by Gasteiger charge is 2.10. The van der Waals surface area contributed by atoms with Crippen molar-refractivity contribution in [1.82, 2.24) is 24.8 Å². The first-order chi connectivity index (χ1) is 9.69. The van der Waals surface area contributed by atoms with E-state index >= 15 is 0 Å². The first-order valence-electron chi connectivity index (χ1n) is 5.97. The highest BCUT2D eigenvalue weighted by atomic mass is 16.4. The second-order valence-corrected chi connectivity index (χ2v) is 4.36. The van der Waals surface area contributed by atoms with Crippen LogP contribution in [0.3, 0.4) is 0 Å². The third-order valence-electron chi connectivity index (χ3n) is 3.06. The van der Waals surface area contributed by atoms with Crippen molar-refractivity contribution in [2.24, 2.45) is 17.9 Å². The van der Waals surface area contributed by atoms with Gasteiger partial charge in [-0.25, -0.2) is 0 Å². The second-order valence-electron chi connectivity index (χ2n) is 4.36. The highest BCUT2D eigenvalue weighted by molar-refractivity contribution is 6.08. The van der Waals surface area contributed by atoms with Crippen LogP contribution in [0, 0.1) is 0 Å². The van der Waals surface area contributed by atoms with Gasteiger partial charge in [0.25, 0.3) is 0 Å². The molecule has 0 fully saturated rings. The zero-order chi connectivity index (χ0) is 14.1. The molecule has 3 N–H and O–H groups in total. The molecule has 0 aliphatic rings. The molecule has 0 aliphatic carbocycles. The Labute approximate surface area is 114 Å². The van der Waals surface area contributed by atoms with Crippen LogP contribution in [0.15, 0.2) is 35.6 Å². The minimum Gasteiger partial charge on any atom is -0.409 e. The molecule has 0 bridgehead atoms. The number of oxime groups is 1. The number of aromatic nitrogens is 5. The van der Waals surface area contributed by atoms with Gasteiger partial charge in [-0.15, -0.1) is 10.2 Å². The maximum absolute atomic E-state index is 8.82. The molecule has 0 unspecified atom stereocenters. The second kappa shape index (κ2) is 4.65. The van der Waals surface area contributed by atoms with Crippen LogP contribution in [0.4, 0.5) is 0 Å². The Balaban J connectivity index is 2.06. The van der Waals surface area contributed by atoms with E-state index < -0.39 is 0 Å². The lowest BCUT2D eigenvalue weighted by atomic mass is 10.1. The van der Waals surface area contributed by atoms with Gasteiger partial charge in [0.15, 0.2) is 11.7 Å². The van der Waals surface area contributed by atoms with E-state index in [4.69, 9.17) is 10.9 Å². The molecule has 3 aromatic rings. The zero-order valence-electron chi connectivity index (χ0n) is 10.8. The molecule has 102 valence electrons. The molecule has 0 amide bonds. The Morgan fingerprint density at radius 1 is 1.40 bits per heavy atom. The number of aryl methyl sites for hydroxylation is 1. The summed E-state index contributed by atoms with van der Waals surface area (Å²) in [7, 11) is 1.72. The molecule has 0 saturated heterocycles. The van der Waals surface area contributed by atoms with Crippen LogP contribution in [-0.4, -0.2) is 35.8 Å². The molecule has 8 nitrogen and oxygen atoms in total. The summed E-state index contributed by atoms with van der Waals surface area (Å²) in [6.07, 6.45) is 1.91. The van der Waals surface area contributed by atoms with Gasteiger partial charge in [-0.2, -0.15) is 4.80 Å². The minimum atomic E-state index is 0.0889. The van der Waals surface area contributed by atoms with Gasteiger partial charge in [-0.05, 0) is 17.3 Å². The monoisotopic (exact) mass is 271 g/mol. The molecule has 0 spiro atoms. The van der Waals surface area contributed by atoms with Crippen LogP contribution in [0.25, 0.3) is 10.9 Å². The lowest BCUT2D eigenvalue weighted by Crippen LogP contribution is -2.13. The molecule has 1 aromatic carbocycles. The average molecular weight is 271 g/mol. The summed E-state index contributed by atoms with van der Waals surface area (Å²) in [6.45, 7) is 0.511. The summed E-state index contributed by atoms with van der Waals surface area (Å²) in [6, 6.07) is 7.54. The normalized spacial score (nSPS) is 12.2. The maximum atomic E-state index is 8.82. The number of benzene rings is 1. The Kier molecular flexibility index (Phi) is 2.82. The number of nitrogens with two attached hydrogens (primary N) is 1. The fourth-order valence-corrected chi connectivity index (χ4v) is 2.18. The predicted molar refractivity (Wildman–Crippen MR) is 72.3 cm³/mol. The summed E-state index contributed by atoms with van der Waals surface area (Å²) < 4.78 is 1.99. The molecule has 2 heterocycles. The topological polar surface area (TPSA) is 107 Å². The van der Waals surface area contributed by atoms with E-state index in [2.05, 4.69) is 20.6 Å². The van der Waals surface area contributed by atoms with Gasteiger partial charge in [0.2, 0.25) is 0 Å². The molecule has 20 heavy (non-hydrogen) atoms. The van der Waals surface area contributed by atoms with Crippen LogP contribution in [0.1, 0.15) is 11.4 Å². The Hall–Kier alpha value is -2.90. The van der Waals surface area contributed by atoms with Crippen LogP contribution in [-0.2, 0) is 13.6 Å². The van der Waals surface area contributed by atoms with Crippen molar-refractivity contribution in [2.45, 2.75) is 6.54 Å². The molecule has 0 aliphatic heterocycles. The minimum absolute atomic E-state index is 0.0889. The number of tetrazole rings is 1. The van der Waals surface area contributed by atoms with Crippen molar-refractivity contribution in [3.05, 3.63) is 41.9 Å². The summed E-state index contributed by atoms with van der Waals surface area (Å²) in [5, 5.41) is 24.7. The van der Waals surface area contributed by atoms with Gasteiger partial charge in [-0.1, -0.05) is 17.3 Å². The lowest BCUT2D eigenvalue weighted by molar-refractivity contribution is 0.318. The highest BCUT2D eigenvalue weighted by Crippen LogP contribution is 2.20. The van der Waals surface area contributed by atoms with Crippen LogP contribution >= 0.6 is 0 Å². The first kappa shape index (κ1) is 12.2. The fraction of sp³-hybridized carbons (Fsp3) is 0.167. The largest absolute Gasteiger partial charge is 0.409 e. The summed E-state index contributed by atoms with van der Waals surface area (Å²) in [5.41, 5.74) is 7.33. The van der Waals surface area contributed by atoms with Crippen molar-refractivity contribution in [1.29, 1.82) is 0 Å². The lowest BCUT2D eigenvalue weighted by Gasteiger charge is -2.04. The molecular formula is C12H13N7O. The smallest absolute Gasteiger partial charge is 0.194 e. The molecule has 8 heteroatoms. The van der Waals surface area contributed by atoms with E-state index in [0.717, 1.165) is 10.9 Å². The van der Waals surface area contributed by atoms with Crippen molar-refractivity contribution in [3.8, 4) is 0 Å². The van der Waals surface area contributed by atoms with Gasteiger partial charge in [0.05, 0.1) is 13.6 Å². The van der Waals surface area contributed by atoms with Gasteiger partial charge >= 0.3 is 0 Å². The van der Waals surface area contributed by atoms with E-state index in [9.17, 15) is 0 Å². The van der Waals surface area contributed by atoms with E-state index in [0.29, 0.717) is 17.9 Å². The van der Waals surface area contributed by atoms with Crippen molar-refractivity contribution in [3.63, 3.8) is 0 Å². The van der Waals surface area contributed by atoms with Crippen LogP contribution in [0.5, 0.6) is 0 Å². The Morgan fingerprint density at radius 3 is 2.95 bits per heavy atom. The SMILES string of the molecule is Cn1nnc(Cn2ccc3c(/C(N)=N/O)cccc32)n1. The third kappa shape index (κ3) is 1.96. The molecular weight excluding hydrogens is 258 g/mol. The van der Waals surface area contributed by atoms with Gasteiger partial charge in [0.1, 0.15) is 0 Å². The number of fused-ring (bicyclic) bond motifs is 1. The number of hydrogen-bond acceptors (Lipinski definition) is 5. The number of amidine groups is 1. The Bertz CT molecular complexity index is 786. The predicted octanol–water partition coefficient (Wildman–Crippen LogP) is 0.308. The molecule has 0 saturated carbocycles. The van der Waals surface area contributed by atoms with Crippen molar-refractivity contribution in [2.75, 3.05) is 0 Å². The summed E-state index contributed by atoms with van der Waals surface area (Å²) in [4.78, 5) is 1.42. The quantitative estimate of drug-likeness (QED) is 0.308. The van der Waals surface area contributed by atoms with E-state index in [1.165, 1.54) is 4.80 Å².